The first-order chi connectivity index (χ1) is 14.9. The number of amides is 2. The van der Waals surface area contributed by atoms with Crippen molar-refractivity contribution < 1.29 is 65.2 Å². The van der Waals surface area contributed by atoms with E-state index in [1.165, 1.54) is 24.3 Å². The van der Waals surface area contributed by atoms with E-state index in [1.54, 1.807) is 12.1 Å². The summed E-state index contributed by atoms with van der Waals surface area (Å²) in [6.07, 6.45) is -4.60. The van der Waals surface area contributed by atoms with Crippen LogP contribution in [0.5, 0.6) is 11.5 Å². The zero-order valence-electron chi connectivity index (χ0n) is 16.9. The van der Waals surface area contributed by atoms with Gasteiger partial charge in [0.1, 0.15) is 16.4 Å². The molecule has 33 heavy (non-hydrogen) atoms. The summed E-state index contributed by atoms with van der Waals surface area (Å²) in [7, 11) is -4.79. The summed E-state index contributed by atoms with van der Waals surface area (Å²) in [6, 6.07) is 12.5. The standard InChI is InChI=1S/C20H14ClF3N2O5S.Na/c21-13-4-6-15(7-5-13)31-16-8-9-17(18(11-16)32(28,29)30)26-19(27)25-14-3-1-2-12(10-14)20(22,23)24;/h1-11H,(H2,25,26,27)(H,28,29,30);/q;+1. The van der Waals surface area contributed by atoms with Gasteiger partial charge in [-0.2, -0.15) is 21.6 Å². The van der Waals surface area contributed by atoms with E-state index >= 15 is 0 Å². The fraction of sp³-hybridized carbons (Fsp3) is 0.0500. The summed E-state index contributed by atoms with van der Waals surface area (Å²) in [5.41, 5.74) is -1.47. The van der Waals surface area contributed by atoms with Gasteiger partial charge in [0.2, 0.25) is 0 Å². The van der Waals surface area contributed by atoms with Crippen molar-refractivity contribution in [3.63, 3.8) is 0 Å². The number of carbonyl (C=O) groups is 1. The Morgan fingerprint density at radius 1 is 0.939 bits per heavy atom. The average molecular weight is 510 g/mol. The average Bonchev–Trinajstić information content (AvgIpc) is 2.69. The van der Waals surface area contributed by atoms with Gasteiger partial charge in [-0.15, -0.1) is 0 Å². The van der Waals surface area contributed by atoms with Gasteiger partial charge in [-0.05, 0) is 54.6 Å². The van der Waals surface area contributed by atoms with Crippen molar-refractivity contribution >= 4 is 39.1 Å². The monoisotopic (exact) mass is 509 g/mol. The zero-order chi connectivity index (χ0) is 23.5. The molecule has 7 nitrogen and oxygen atoms in total. The number of hydrogen-bond acceptors (Lipinski definition) is 4. The van der Waals surface area contributed by atoms with Crippen molar-refractivity contribution in [2.75, 3.05) is 10.6 Å². The summed E-state index contributed by atoms with van der Waals surface area (Å²) in [4.78, 5) is 11.5. The van der Waals surface area contributed by atoms with Crippen LogP contribution in [-0.2, 0) is 16.3 Å². The molecule has 0 aliphatic carbocycles. The summed E-state index contributed by atoms with van der Waals surface area (Å²) in [6.45, 7) is 0. The first-order valence-corrected chi connectivity index (χ1v) is 10.5. The van der Waals surface area contributed by atoms with E-state index in [2.05, 4.69) is 10.6 Å². The maximum absolute atomic E-state index is 12.8. The van der Waals surface area contributed by atoms with Gasteiger partial charge in [0, 0.05) is 16.8 Å². The third-order valence-corrected chi connectivity index (χ3v) is 5.12. The van der Waals surface area contributed by atoms with E-state index < -0.39 is 32.8 Å². The van der Waals surface area contributed by atoms with Crippen LogP contribution < -0.4 is 44.9 Å². The van der Waals surface area contributed by atoms with Crippen LogP contribution in [0.1, 0.15) is 5.56 Å². The van der Waals surface area contributed by atoms with Crippen LogP contribution in [0, 0.1) is 0 Å². The molecule has 0 spiro atoms. The molecule has 0 aliphatic heterocycles. The Balaban J connectivity index is 0.00000385. The molecule has 0 radical (unpaired) electrons. The second kappa shape index (κ2) is 10.8. The van der Waals surface area contributed by atoms with Crippen LogP contribution in [0.2, 0.25) is 5.02 Å². The van der Waals surface area contributed by atoms with E-state index in [0.29, 0.717) is 16.8 Å². The Hall–Kier alpha value is -2.28. The van der Waals surface area contributed by atoms with Crippen molar-refractivity contribution in [1.82, 2.24) is 0 Å². The minimum Gasteiger partial charge on any atom is -0.457 e. The van der Waals surface area contributed by atoms with Gasteiger partial charge in [0.25, 0.3) is 10.1 Å². The molecule has 0 fully saturated rings. The molecule has 2 amide bonds. The molecular weight excluding hydrogens is 496 g/mol. The number of anilines is 2. The van der Waals surface area contributed by atoms with Crippen molar-refractivity contribution in [3.8, 4) is 11.5 Å². The second-order valence-corrected chi connectivity index (χ2v) is 8.17. The molecule has 3 rings (SSSR count). The summed E-state index contributed by atoms with van der Waals surface area (Å²) in [5, 5.41) is 4.81. The normalized spacial score (nSPS) is 11.3. The van der Waals surface area contributed by atoms with E-state index in [0.717, 1.165) is 24.3 Å². The van der Waals surface area contributed by atoms with Crippen LogP contribution in [0.4, 0.5) is 29.3 Å². The molecule has 0 heterocycles. The Morgan fingerprint density at radius 3 is 2.18 bits per heavy atom. The quantitative estimate of drug-likeness (QED) is 0.362. The number of nitrogens with one attached hydrogen (secondary N) is 2. The maximum atomic E-state index is 12.8. The number of ether oxygens (including phenoxy) is 1. The van der Waals surface area contributed by atoms with Crippen LogP contribution in [0.15, 0.2) is 71.6 Å². The third kappa shape index (κ3) is 7.63. The molecule has 0 atom stereocenters. The number of halogens is 4. The molecule has 0 aromatic heterocycles. The molecule has 0 unspecified atom stereocenters. The molecule has 0 bridgehead atoms. The SMILES string of the molecule is O=C(Nc1cccc(C(F)(F)F)c1)Nc1ccc(Oc2ccc(Cl)cc2)cc1S(=O)(=O)O.[Na+]. The van der Waals surface area contributed by atoms with Crippen molar-refractivity contribution in [3.05, 3.63) is 77.3 Å². The predicted octanol–water partition coefficient (Wildman–Crippen LogP) is 3.05. The number of alkyl halides is 3. The van der Waals surface area contributed by atoms with Crippen molar-refractivity contribution in [1.29, 1.82) is 0 Å². The number of hydrogen-bond donors (Lipinski definition) is 3. The molecule has 3 aromatic carbocycles. The first kappa shape index (κ1) is 27.0. The smallest absolute Gasteiger partial charge is 0.457 e. The maximum Gasteiger partial charge on any atom is 1.00 e. The number of urea groups is 1. The van der Waals surface area contributed by atoms with E-state index in [4.69, 9.17) is 16.3 Å². The van der Waals surface area contributed by atoms with Gasteiger partial charge < -0.3 is 15.4 Å². The van der Waals surface area contributed by atoms with Crippen molar-refractivity contribution in [2.45, 2.75) is 11.1 Å². The van der Waals surface area contributed by atoms with E-state index in [9.17, 15) is 30.9 Å². The van der Waals surface area contributed by atoms with Gasteiger partial charge in [0.15, 0.2) is 0 Å². The van der Waals surface area contributed by atoms with Crippen LogP contribution >= 0.6 is 11.6 Å². The summed E-state index contributed by atoms with van der Waals surface area (Å²) >= 11 is 5.79. The topological polar surface area (TPSA) is 105 Å². The summed E-state index contributed by atoms with van der Waals surface area (Å²) in [5.74, 6) is 0.363. The minimum atomic E-state index is -4.79. The largest absolute Gasteiger partial charge is 1.00 e. The summed E-state index contributed by atoms with van der Waals surface area (Å²) < 4.78 is 77.0. The van der Waals surface area contributed by atoms with Crippen LogP contribution in [0.3, 0.4) is 0 Å². The molecule has 3 aromatic rings. The molecule has 168 valence electrons. The van der Waals surface area contributed by atoms with Gasteiger partial charge in [-0.25, -0.2) is 4.79 Å². The van der Waals surface area contributed by atoms with Gasteiger partial charge >= 0.3 is 41.8 Å². The number of benzene rings is 3. The zero-order valence-corrected chi connectivity index (χ0v) is 20.4. The van der Waals surface area contributed by atoms with Gasteiger partial charge in [-0.3, -0.25) is 4.55 Å². The fourth-order valence-corrected chi connectivity index (χ4v) is 3.37. The molecular formula is C20H14ClF3N2NaO5S+. The molecule has 13 heteroatoms. The molecule has 0 saturated heterocycles. The number of rotatable bonds is 5. The van der Waals surface area contributed by atoms with E-state index in [-0.39, 0.29) is 46.7 Å². The van der Waals surface area contributed by atoms with E-state index in [1.807, 2.05) is 0 Å². The molecule has 0 aliphatic rings. The van der Waals surface area contributed by atoms with Crippen LogP contribution in [0.25, 0.3) is 0 Å². The Morgan fingerprint density at radius 2 is 1.58 bits per heavy atom. The predicted molar refractivity (Wildman–Crippen MR) is 112 cm³/mol. The van der Waals surface area contributed by atoms with Gasteiger partial charge in [-0.1, -0.05) is 17.7 Å². The van der Waals surface area contributed by atoms with Crippen LogP contribution in [-0.4, -0.2) is 19.0 Å². The Kier molecular flexibility index (Phi) is 8.80. The second-order valence-electron chi connectivity index (χ2n) is 6.35. The number of carbonyl (C=O) groups excluding carboxylic acids is 1. The fourth-order valence-electron chi connectivity index (χ4n) is 2.58. The Labute approximate surface area is 213 Å². The third-order valence-electron chi connectivity index (χ3n) is 3.98. The minimum absolute atomic E-state index is 0. The Bertz CT molecular complexity index is 1260. The molecule has 0 saturated carbocycles. The molecule has 3 N–H and O–H groups in total. The van der Waals surface area contributed by atoms with Gasteiger partial charge in [0.05, 0.1) is 11.3 Å². The first-order valence-electron chi connectivity index (χ1n) is 8.72. The van der Waals surface area contributed by atoms with Crippen molar-refractivity contribution in [2.24, 2.45) is 0 Å².